The van der Waals surface area contributed by atoms with E-state index in [1.807, 2.05) is 4.90 Å². The number of aliphatic hydroxyl groups is 1. The highest BCUT2D eigenvalue weighted by atomic mass is 35.5. The fourth-order valence-electron chi connectivity index (χ4n) is 4.22. The van der Waals surface area contributed by atoms with Crippen molar-refractivity contribution in [3.05, 3.63) is 52.7 Å². The summed E-state index contributed by atoms with van der Waals surface area (Å²) in [5.74, 6) is -4.66. The monoisotopic (exact) mass is 497 g/mol. The molecule has 0 aliphatic carbocycles. The molecule has 186 valence electrons. The Morgan fingerprint density at radius 1 is 1.35 bits per heavy atom. The fraction of sp³-hybridized carbons (Fsp3) is 0.500. The van der Waals surface area contributed by atoms with Crippen LogP contribution in [0.15, 0.2) is 36.5 Å². The van der Waals surface area contributed by atoms with Crippen LogP contribution >= 0.6 is 11.6 Å². The van der Waals surface area contributed by atoms with E-state index in [2.05, 4.69) is 10.3 Å². The molecule has 1 aromatic heterocycles. The number of carbonyl (C=O) groups excluding carboxylic acids is 1. The van der Waals surface area contributed by atoms with Gasteiger partial charge in [0.15, 0.2) is 6.10 Å². The Balaban J connectivity index is 0.00000324. The van der Waals surface area contributed by atoms with E-state index >= 15 is 8.78 Å². The highest BCUT2D eigenvalue weighted by Gasteiger charge is 2.52. The Morgan fingerprint density at radius 2 is 2.09 bits per heavy atom. The first kappa shape index (κ1) is 26.1. The van der Waals surface area contributed by atoms with Gasteiger partial charge in [-0.2, -0.15) is 8.78 Å². The van der Waals surface area contributed by atoms with Gasteiger partial charge in [-0.15, -0.1) is 0 Å². The molecule has 2 aliphatic heterocycles. The number of rotatable bonds is 8. The van der Waals surface area contributed by atoms with Crippen molar-refractivity contribution < 1.29 is 28.2 Å². The minimum Gasteiger partial charge on any atom is -0.483 e. The molecule has 1 aromatic carbocycles. The first-order valence-corrected chi connectivity index (χ1v) is 11.2. The molecule has 0 bridgehead atoms. The summed E-state index contributed by atoms with van der Waals surface area (Å²) >= 11 is 5.94. The third-order valence-corrected chi connectivity index (χ3v) is 6.30. The number of nitrogens with zero attached hydrogens (tertiary/aromatic N) is 2. The van der Waals surface area contributed by atoms with Crippen molar-refractivity contribution in [3.63, 3.8) is 0 Å². The molecule has 0 radical (unpaired) electrons. The van der Waals surface area contributed by atoms with E-state index in [4.69, 9.17) is 21.1 Å². The van der Waals surface area contributed by atoms with E-state index in [1.54, 1.807) is 24.3 Å². The second kappa shape index (κ2) is 10.8. The number of aliphatic hydroxyl groups excluding tert-OH is 1. The molecular formula is C24H30ClF2N3O4. The standard InChI is InChI=1S/C23H26ClF2N3O4.CH4/c1-32-20-7-4-14(12-27-20)21(30)17(13-29-8-2-3-9-29)28-22(31)23(25,26)19-11-15-10-16(24)5-6-18(15)33-19;/h4-7,10,12,17,19,21,30H,2-3,8-9,11,13H2,1H3,(H,28,31);1H4/t17-,19?,21-;/m1./s1. The number of alkyl halides is 2. The van der Waals surface area contributed by atoms with E-state index in [0.29, 0.717) is 22.0 Å². The zero-order valence-electron chi connectivity index (χ0n) is 18.1. The van der Waals surface area contributed by atoms with Crippen LogP contribution in [0, 0.1) is 0 Å². The molecule has 2 N–H and O–H groups in total. The van der Waals surface area contributed by atoms with Crippen molar-refractivity contribution in [2.45, 2.75) is 50.9 Å². The van der Waals surface area contributed by atoms with Gasteiger partial charge in [-0.05, 0) is 55.8 Å². The lowest BCUT2D eigenvalue weighted by Crippen LogP contribution is -2.56. The Bertz CT molecular complexity index is 987. The first-order valence-electron chi connectivity index (χ1n) is 10.8. The zero-order chi connectivity index (χ0) is 23.6. The lowest BCUT2D eigenvalue weighted by Gasteiger charge is -2.31. The van der Waals surface area contributed by atoms with Crippen molar-refractivity contribution in [1.82, 2.24) is 15.2 Å². The third-order valence-electron chi connectivity index (χ3n) is 6.07. The van der Waals surface area contributed by atoms with Crippen molar-refractivity contribution in [1.29, 1.82) is 0 Å². The quantitative estimate of drug-likeness (QED) is 0.579. The maximum absolute atomic E-state index is 15.1. The molecule has 4 rings (SSSR count). The number of amides is 1. The Labute approximate surface area is 203 Å². The molecule has 7 nitrogen and oxygen atoms in total. The van der Waals surface area contributed by atoms with Gasteiger partial charge < -0.3 is 24.8 Å². The molecule has 2 aliphatic rings. The first-order chi connectivity index (χ1) is 15.8. The highest BCUT2D eigenvalue weighted by Crippen LogP contribution is 2.37. The van der Waals surface area contributed by atoms with Crippen LogP contribution in [0.1, 0.15) is 37.5 Å². The normalized spacial score (nSPS) is 19.5. The zero-order valence-corrected chi connectivity index (χ0v) is 18.9. The van der Waals surface area contributed by atoms with Gasteiger partial charge in [0.1, 0.15) is 11.9 Å². The maximum atomic E-state index is 15.1. The van der Waals surface area contributed by atoms with Gasteiger partial charge in [-0.3, -0.25) is 4.79 Å². The van der Waals surface area contributed by atoms with Crippen LogP contribution < -0.4 is 14.8 Å². The van der Waals surface area contributed by atoms with Crippen LogP contribution in [-0.2, 0) is 11.2 Å². The van der Waals surface area contributed by atoms with Gasteiger partial charge in [0, 0.05) is 35.8 Å². The summed E-state index contributed by atoms with van der Waals surface area (Å²) in [6, 6.07) is 6.82. The summed E-state index contributed by atoms with van der Waals surface area (Å²) in [7, 11) is 1.47. The molecular weight excluding hydrogens is 468 g/mol. The number of benzene rings is 1. The molecule has 34 heavy (non-hydrogen) atoms. The van der Waals surface area contributed by atoms with Gasteiger partial charge in [0.2, 0.25) is 5.88 Å². The summed E-state index contributed by atoms with van der Waals surface area (Å²) in [6.07, 6.45) is 0.340. The van der Waals surface area contributed by atoms with Crippen molar-refractivity contribution in [2.75, 3.05) is 26.7 Å². The molecule has 0 spiro atoms. The number of fused-ring (bicyclic) bond motifs is 1. The number of halogens is 3. The topological polar surface area (TPSA) is 83.9 Å². The smallest absolute Gasteiger partial charge is 0.360 e. The molecule has 3 atom stereocenters. The van der Waals surface area contributed by atoms with Crippen molar-refractivity contribution >= 4 is 17.5 Å². The van der Waals surface area contributed by atoms with Crippen LogP contribution in [0.4, 0.5) is 8.78 Å². The van der Waals surface area contributed by atoms with Gasteiger partial charge in [-0.25, -0.2) is 4.98 Å². The number of methoxy groups -OCH3 is 1. The van der Waals surface area contributed by atoms with Crippen LogP contribution in [-0.4, -0.2) is 65.7 Å². The maximum Gasteiger partial charge on any atom is 0.360 e. The summed E-state index contributed by atoms with van der Waals surface area (Å²) < 4.78 is 40.7. The number of aromatic nitrogens is 1. The third kappa shape index (κ3) is 5.59. The Kier molecular flexibility index (Phi) is 8.33. The van der Waals surface area contributed by atoms with E-state index in [1.165, 1.54) is 19.4 Å². The summed E-state index contributed by atoms with van der Waals surface area (Å²) in [5.41, 5.74) is 0.917. The fourth-order valence-corrected chi connectivity index (χ4v) is 4.41. The minimum absolute atomic E-state index is 0. The van der Waals surface area contributed by atoms with Crippen LogP contribution in [0.3, 0.4) is 0 Å². The molecule has 1 unspecified atom stereocenters. The van der Waals surface area contributed by atoms with E-state index < -0.39 is 30.1 Å². The average Bonchev–Trinajstić information content (AvgIpc) is 3.48. The Morgan fingerprint density at radius 3 is 2.74 bits per heavy atom. The van der Waals surface area contributed by atoms with Gasteiger partial charge in [0.05, 0.1) is 13.2 Å². The number of carbonyl (C=O) groups is 1. The number of likely N-dealkylation sites (tertiary alicyclic amines) is 1. The van der Waals surface area contributed by atoms with Crippen LogP contribution in [0.2, 0.25) is 5.02 Å². The molecule has 10 heteroatoms. The number of pyridine rings is 1. The molecule has 0 saturated carbocycles. The molecule has 1 fully saturated rings. The van der Waals surface area contributed by atoms with Crippen LogP contribution in [0.25, 0.3) is 0 Å². The predicted molar refractivity (Wildman–Crippen MR) is 125 cm³/mol. The van der Waals surface area contributed by atoms with Gasteiger partial charge >= 0.3 is 5.92 Å². The summed E-state index contributed by atoms with van der Waals surface area (Å²) in [6.45, 7) is 1.78. The summed E-state index contributed by atoms with van der Waals surface area (Å²) in [4.78, 5) is 18.9. The van der Waals surface area contributed by atoms with Crippen LogP contribution in [0.5, 0.6) is 11.6 Å². The molecule has 3 heterocycles. The molecule has 1 amide bonds. The largest absolute Gasteiger partial charge is 0.483 e. The van der Waals surface area contributed by atoms with E-state index in [0.717, 1.165) is 25.9 Å². The molecule has 1 saturated heterocycles. The number of hydrogen-bond acceptors (Lipinski definition) is 6. The number of hydrogen-bond donors (Lipinski definition) is 2. The predicted octanol–water partition coefficient (Wildman–Crippen LogP) is 3.63. The highest BCUT2D eigenvalue weighted by molar-refractivity contribution is 6.30. The second-order valence-corrected chi connectivity index (χ2v) is 8.79. The number of ether oxygens (including phenoxy) is 2. The Hall–Kier alpha value is -2.49. The van der Waals surface area contributed by atoms with Crippen molar-refractivity contribution in [3.8, 4) is 11.6 Å². The van der Waals surface area contributed by atoms with E-state index in [-0.39, 0.29) is 26.1 Å². The lowest BCUT2D eigenvalue weighted by molar-refractivity contribution is -0.160. The number of nitrogens with one attached hydrogen (secondary N) is 1. The van der Waals surface area contributed by atoms with Gasteiger partial charge in [-0.1, -0.05) is 19.0 Å². The minimum atomic E-state index is -3.81. The molecule has 2 aromatic rings. The van der Waals surface area contributed by atoms with Gasteiger partial charge in [0.25, 0.3) is 5.91 Å². The van der Waals surface area contributed by atoms with E-state index in [9.17, 15) is 9.90 Å². The second-order valence-electron chi connectivity index (χ2n) is 8.35. The van der Waals surface area contributed by atoms with Crippen molar-refractivity contribution in [2.24, 2.45) is 0 Å². The summed E-state index contributed by atoms with van der Waals surface area (Å²) in [5, 5.41) is 13.7. The lowest BCUT2D eigenvalue weighted by atomic mass is 10.0. The SMILES string of the molecule is C.COc1ccc([C@@H](O)[C@@H](CN2CCCC2)NC(=O)C(F)(F)C2Cc3cc(Cl)ccc3O2)cn1. The average molecular weight is 498 g/mol.